The van der Waals surface area contributed by atoms with Crippen LogP contribution in [0.2, 0.25) is 0 Å². The van der Waals surface area contributed by atoms with Crippen LogP contribution in [0.25, 0.3) is 0 Å². The molecule has 0 unspecified atom stereocenters. The van der Waals surface area contributed by atoms with Crippen LogP contribution in [0, 0.1) is 5.92 Å². The zero-order chi connectivity index (χ0) is 19.1. The van der Waals surface area contributed by atoms with E-state index in [4.69, 9.17) is 4.74 Å². The Morgan fingerprint density at radius 1 is 1.04 bits per heavy atom. The van der Waals surface area contributed by atoms with E-state index < -0.39 is 0 Å². The molecule has 0 saturated carbocycles. The van der Waals surface area contributed by atoms with Crippen molar-refractivity contribution in [3.63, 3.8) is 0 Å². The third-order valence-corrected chi connectivity index (χ3v) is 5.45. The van der Waals surface area contributed by atoms with Gasteiger partial charge in [0.1, 0.15) is 0 Å². The summed E-state index contributed by atoms with van der Waals surface area (Å²) >= 11 is 0. The second-order valence-electron chi connectivity index (χ2n) is 7.45. The second-order valence-corrected chi connectivity index (χ2v) is 7.45. The Kier molecular flexibility index (Phi) is 7.10. The normalized spacial score (nSPS) is 18.9. The van der Waals surface area contributed by atoms with E-state index in [9.17, 15) is 9.59 Å². The van der Waals surface area contributed by atoms with Crippen molar-refractivity contribution in [1.29, 1.82) is 0 Å². The van der Waals surface area contributed by atoms with E-state index in [1.54, 1.807) is 0 Å². The van der Waals surface area contributed by atoms with Gasteiger partial charge in [0.2, 0.25) is 5.91 Å². The Balaban J connectivity index is 1.42. The molecule has 148 valence electrons. The van der Waals surface area contributed by atoms with E-state index in [1.165, 1.54) is 24.9 Å². The molecule has 1 N–H and O–H groups in total. The second kappa shape index (κ2) is 9.74. The van der Waals surface area contributed by atoms with Crippen LogP contribution in [0.3, 0.4) is 0 Å². The SMILES string of the molecule is CCOC(=O)C1CCN(CC(=O)Nc2ccc(N3CCCCC3)cc2)CC1. The third kappa shape index (κ3) is 5.70. The lowest BCUT2D eigenvalue weighted by Crippen LogP contribution is -2.41. The maximum Gasteiger partial charge on any atom is 0.309 e. The highest BCUT2D eigenvalue weighted by molar-refractivity contribution is 5.92. The highest BCUT2D eigenvalue weighted by atomic mass is 16.5. The van der Waals surface area contributed by atoms with Gasteiger partial charge < -0.3 is 15.0 Å². The van der Waals surface area contributed by atoms with E-state index in [-0.39, 0.29) is 17.8 Å². The summed E-state index contributed by atoms with van der Waals surface area (Å²) < 4.78 is 5.09. The van der Waals surface area contributed by atoms with Crippen molar-refractivity contribution in [3.05, 3.63) is 24.3 Å². The number of ether oxygens (including phenoxy) is 1. The minimum Gasteiger partial charge on any atom is -0.466 e. The summed E-state index contributed by atoms with van der Waals surface area (Å²) in [7, 11) is 0. The first-order valence-corrected chi connectivity index (χ1v) is 10.2. The van der Waals surface area contributed by atoms with Crippen LogP contribution in [0.15, 0.2) is 24.3 Å². The molecule has 1 aromatic carbocycles. The lowest BCUT2D eigenvalue weighted by atomic mass is 9.97. The van der Waals surface area contributed by atoms with Gasteiger partial charge in [0.05, 0.1) is 19.1 Å². The van der Waals surface area contributed by atoms with Crippen molar-refractivity contribution >= 4 is 23.3 Å². The number of amides is 1. The van der Waals surface area contributed by atoms with E-state index in [2.05, 4.69) is 27.2 Å². The number of hydrogen-bond donors (Lipinski definition) is 1. The fraction of sp³-hybridized carbons (Fsp3) is 0.619. The molecule has 2 saturated heterocycles. The predicted octanol–water partition coefficient (Wildman–Crippen LogP) is 2.89. The Morgan fingerprint density at radius 3 is 2.33 bits per heavy atom. The number of carbonyl (C=O) groups excluding carboxylic acids is 2. The maximum absolute atomic E-state index is 12.3. The van der Waals surface area contributed by atoms with Gasteiger partial charge in [-0.15, -0.1) is 0 Å². The van der Waals surface area contributed by atoms with Crippen LogP contribution >= 0.6 is 0 Å². The molecule has 27 heavy (non-hydrogen) atoms. The number of likely N-dealkylation sites (tertiary alicyclic amines) is 1. The highest BCUT2D eigenvalue weighted by Crippen LogP contribution is 2.22. The number of nitrogens with zero attached hydrogens (tertiary/aromatic N) is 2. The van der Waals surface area contributed by atoms with Gasteiger partial charge in [-0.1, -0.05) is 0 Å². The van der Waals surface area contributed by atoms with E-state index in [1.807, 2.05) is 19.1 Å². The van der Waals surface area contributed by atoms with Crippen LogP contribution in [0.5, 0.6) is 0 Å². The van der Waals surface area contributed by atoms with Crippen molar-refractivity contribution in [2.45, 2.75) is 39.0 Å². The monoisotopic (exact) mass is 373 g/mol. The molecule has 3 rings (SSSR count). The molecule has 0 bridgehead atoms. The highest BCUT2D eigenvalue weighted by Gasteiger charge is 2.26. The average molecular weight is 373 g/mol. The number of hydrogen-bond acceptors (Lipinski definition) is 5. The van der Waals surface area contributed by atoms with E-state index in [0.717, 1.165) is 44.7 Å². The molecule has 0 spiro atoms. The van der Waals surface area contributed by atoms with Gasteiger partial charge in [0.15, 0.2) is 0 Å². The molecule has 2 fully saturated rings. The average Bonchev–Trinajstić information content (AvgIpc) is 2.70. The molecular weight excluding hydrogens is 342 g/mol. The molecule has 6 heteroatoms. The van der Waals surface area contributed by atoms with Crippen LogP contribution in [-0.4, -0.2) is 56.1 Å². The fourth-order valence-corrected chi connectivity index (χ4v) is 3.90. The minimum absolute atomic E-state index is 0.00435. The number of esters is 1. The molecule has 0 atom stereocenters. The standard InChI is InChI=1S/C21H31N3O3/c1-2-27-21(26)17-10-14-23(15-11-17)16-20(25)22-18-6-8-19(9-7-18)24-12-4-3-5-13-24/h6-9,17H,2-5,10-16H2,1H3,(H,22,25). The number of piperidine rings is 2. The zero-order valence-electron chi connectivity index (χ0n) is 16.3. The van der Waals surface area contributed by atoms with Gasteiger partial charge in [-0.25, -0.2) is 0 Å². The number of carbonyl (C=O) groups is 2. The van der Waals surface area contributed by atoms with Gasteiger partial charge in [-0.05, 0) is 76.4 Å². The molecule has 1 amide bonds. The molecule has 6 nitrogen and oxygen atoms in total. The summed E-state index contributed by atoms with van der Waals surface area (Å²) in [6.45, 7) is 6.37. The van der Waals surface area contributed by atoms with Gasteiger partial charge >= 0.3 is 5.97 Å². The summed E-state index contributed by atoms with van der Waals surface area (Å²) in [4.78, 5) is 28.6. The topological polar surface area (TPSA) is 61.9 Å². The summed E-state index contributed by atoms with van der Waals surface area (Å²) in [6.07, 6.45) is 5.35. The Morgan fingerprint density at radius 2 is 1.70 bits per heavy atom. The molecule has 2 heterocycles. The number of nitrogens with one attached hydrogen (secondary N) is 1. The van der Waals surface area contributed by atoms with Crippen molar-refractivity contribution in [3.8, 4) is 0 Å². The van der Waals surface area contributed by atoms with Crippen molar-refractivity contribution in [1.82, 2.24) is 4.90 Å². The van der Waals surface area contributed by atoms with Crippen LogP contribution in [0.4, 0.5) is 11.4 Å². The quantitative estimate of drug-likeness (QED) is 0.777. The van der Waals surface area contributed by atoms with Gasteiger partial charge in [0, 0.05) is 24.5 Å². The first-order valence-electron chi connectivity index (χ1n) is 10.2. The molecule has 1 aromatic rings. The Hall–Kier alpha value is -2.08. The fourth-order valence-electron chi connectivity index (χ4n) is 3.90. The number of benzene rings is 1. The van der Waals surface area contributed by atoms with Crippen LogP contribution in [-0.2, 0) is 14.3 Å². The van der Waals surface area contributed by atoms with E-state index in [0.29, 0.717) is 13.2 Å². The van der Waals surface area contributed by atoms with Crippen molar-refractivity contribution in [2.24, 2.45) is 5.92 Å². The van der Waals surface area contributed by atoms with Crippen molar-refractivity contribution < 1.29 is 14.3 Å². The van der Waals surface area contributed by atoms with Gasteiger partial charge in [0.25, 0.3) is 0 Å². The minimum atomic E-state index is -0.101. The third-order valence-electron chi connectivity index (χ3n) is 5.45. The smallest absolute Gasteiger partial charge is 0.309 e. The van der Waals surface area contributed by atoms with Crippen molar-refractivity contribution in [2.75, 3.05) is 49.5 Å². The molecule has 2 aliphatic heterocycles. The Labute approximate surface area is 161 Å². The summed E-state index contributed by atoms with van der Waals surface area (Å²) in [5.41, 5.74) is 2.07. The zero-order valence-corrected chi connectivity index (χ0v) is 16.3. The molecule has 2 aliphatic rings. The number of rotatable bonds is 6. The molecule has 0 radical (unpaired) electrons. The maximum atomic E-state index is 12.3. The largest absolute Gasteiger partial charge is 0.466 e. The number of anilines is 2. The lowest BCUT2D eigenvalue weighted by Gasteiger charge is -2.30. The van der Waals surface area contributed by atoms with Crippen LogP contribution in [0.1, 0.15) is 39.0 Å². The first kappa shape index (κ1) is 19.7. The molecule has 0 aromatic heterocycles. The summed E-state index contributed by atoms with van der Waals surface area (Å²) in [5.74, 6) is -0.128. The predicted molar refractivity (Wildman–Crippen MR) is 107 cm³/mol. The van der Waals surface area contributed by atoms with Gasteiger partial charge in [-0.2, -0.15) is 0 Å². The molecular formula is C21H31N3O3. The molecule has 0 aliphatic carbocycles. The van der Waals surface area contributed by atoms with Crippen LogP contribution < -0.4 is 10.2 Å². The van der Waals surface area contributed by atoms with E-state index >= 15 is 0 Å². The lowest BCUT2D eigenvalue weighted by molar-refractivity contribution is -0.149. The van der Waals surface area contributed by atoms with Gasteiger partial charge in [-0.3, -0.25) is 14.5 Å². The Bertz CT molecular complexity index is 618. The first-order chi connectivity index (χ1) is 13.2. The summed E-state index contributed by atoms with van der Waals surface area (Å²) in [5, 5.41) is 2.98. The summed E-state index contributed by atoms with van der Waals surface area (Å²) in [6, 6.07) is 8.14.